The van der Waals surface area contributed by atoms with Gasteiger partial charge in [0.15, 0.2) is 0 Å². The minimum absolute atomic E-state index is 0.0160. The summed E-state index contributed by atoms with van der Waals surface area (Å²) in [6, 6.07) is 0. The molecular weight excluding hydrogens is 200 g/mol. The molecule has 0 atom stereocenters. The van der Waals surface area contributed by atoms with Crippen molar-refractivity contribution < 1.29 is 0 Å². The first kappa shape index (κ1) is 12.9. The molecule has 0 aliphatic rings. The van der Waals surface area contributed by atoms with Crippen LogP contribution in [0.1, 0.15) is 26.6 Å². The largest absolute Gasteiger partial charge is 0.381 e. The molecule has 0 saturated heterocycles. The fourth-order valence-electron chi connectivity index (χ4n) is 1.23. The number of nitrogens with zero attached hydrogens (tertiary/aromatic N) is 3. The van der Waals surface area contributed by atoms with E-state index < -0.39 is 0 Å². The molecule has 16 heavy (non-hydrogen) atoms. The highest BCUT2D eigenvalue weighted by atomic mass is 15.1. The first-order chi connectivity index (χ1) is 7.39. The molecule has 0 radical (unpaired) electrons. The van der Waals surface area contributed by atoms with E-state index in [2.05, 4.69) is 55.1 Å². The third-order valence-electron chi connectivity index (χ3n) is 2.21. The van der Waals surface area contributed by atoms with Crippen LogP contribution < -0.4 is 5.32 Å². The normalized spacial score (nSPS) is 11.9. The predicted molar refractivity (Wildman–Crippen MR) is 67.8 cm³/mol. The average Bonchev–Trinajstić information content (AvgIpc) is 2.16. The summed E-state index contributed by atoms with van der Waals surface area (Å²) >= 11 is 0. The summed E-state index contributed by atoms with van der Waals surface area (Å²) in [7, 11) is 4.11. The molecule has 0 amide bonds. The highest BCUT2D eigenvalue weighted by molar-refractivity contribution is 5.38. The Bertz CT molecular complexity index is 311. The van der Waals surface area contributed by atoms with E-state index in [1.165, 1.54) is 0 Å². The summed E-state index contributed by atoms with van der Waals surface area (Å²) in [5.74, 6) is 0.880. The predicted octanol–water partition coefficient (Wildman–Crippen LogP) is 1.75. The van der Waals surface area contributed by atoms with E-state index in [1.54, 1.807) is 0 Å². The smallest absolute Gasteiger partial charge is 0.133 e. The zero-order valence-electron chi connectivity index (χ0n) is 10.9. The quantitative estimate of drug-likeness (QED) is 0.842. The lowest BCUT2D eigenvalue weighted by Crippen LogP contribution is -2.21. The van der Waals surface area contributed by atoms with Crippen LogP contribution in [0.3, 0.4) is 0 Å². The Labute approximate surface area is 98.1 Å². The minimum Gasteiger partial charge on any atom is -0.381 e. The van der Waals surface area contributed by atoms with Gasteiger partial charge < -0.3 is 10.2 Å². The number of rotatable bonds is 4. The van der Waals surface area contributed by atoms with Gasteiger partial charge in [0.25, 0.3) is 0 Å². The Morgan fingerprint density at radius 2 is 1.75 bits per heavy atom. The Kier molecular flexibility index (Phi) is 4.24. The molecule has 1 rings (SSSR count). The van der Waals surface area contributed by atoms with E-state index in [1.807, 2.05) is 12.4 Å². The number of nitrogens with one attached hydrogen (secondary N) is 1. The van der Waals surface area contributed by atoms with Crippen LogP contribution in [0.15, 0.2) is 12.4 Å². The van der Waals surface area contributed by atoms with Crippen LogP contribution in [-0.4, -0.2) is 42.1 Å². The molecule has 1 N–H and O–H groups in total. The molecule has 0 spiro atoms. The van der Waals surface area contributed by atoms with Crippen LogP contribution in [-0.2, 0) is 5.41 Å². The summed E-state index contributed by atoms with van der Waals surface area (Å²) in [4.78, 5) is 10.9. The van der Waals surface area contributed by atoms with E-state index in [4.69, 9.17) is 0 Å². The first-order valence-corrected chi connectivity index (χ1v) is 5.61. The third-order valence-corrected chi connectivity index (χ3v) is 2.21. The summed E-state index contributed by atoms with van der Waals surface area (Å²) in [6.45, 7) is 8.25. The van der Waals surface area contributed by atoms with Crippen molar-refractivity contribution in [2.45, 2.75) is 26.2 Å². The lowest BCUT2D eigenvalue weighted by atomic mass is 9.96. The number of hydrogen-bond donors (Lipinski definition) is 1. The first-order valence-electron chi connectivity index (χ1n) is 5.61. The molecule has 90 valence electrons. The van der Waals surface area contributed by atoms with Gasteiger partial charge in [0.2, 0.25) is 0 Å². The molecule has 1 aromatic heterocycles. The van der Waals surface area contributed by atoms with E-state index in [0.717, 1.165) is 24.6 Å². The SMILES string of the molecule is CN(C)CCNc1cnc(C(C)(C)C)nc1. The van der Waals surface area contributed by atoms with Crippen molar-refractivity contribution in [1.29, 1.82) is 0 Å². The van der Waals surface area contributed by atoms with Gasteiger partial charge in [0.05, 0.1) is 18.1 Å². The standard InChI is InChI=1S/C12H22N4/c1-12(2,3)11-14-8-10(9-15-11)13-6-7-16(4)5/h8-9,13H,6-7H2,1-5H3. The maximum Gasteiger partial charge on any atom is 0.133 e. The monoisotopic (exact) mass is 222 g/mol. The molecule has 0 aromatic carbocycles. The summed E-state index contributed by atoms with van der Waals surface area (Å²) < 4.78 is 0. The topological polar surface area (TPSA) is 41.0 Å². The van der Waals surface area contributed by atoms with Crippen LogP contribution in [0.2, 0.25) is 0 Å². The molecule has 1 heterocycles. The Balaban J connectivity index is 2.52. The van der Waals surface area contributed by atoms with E-state index >= 15 is 0 Å². The second-order valence-corrected chi connectivity index (χ2v) is 5.28. The van der Waals surface area contributed by atoms with Gasteiger partial charge in [0, 0.05) is 18.5 Å². The average molecular weight is 222 g/mol. The van der Waals surface area contributed by atoms with Crippen molar-refractivity contribution >= 4 is 5.69 Å². The highest BCUT2D eigenvalue weighted by Gasteiger charge is 2.16. The lowest BCUT2D eigenvalue weighted by molar-refractivity contribution is 0.425. The molecular formula is C12H22N4. The van der Waals surface area contributed by atoms with Crippen molar-refractivity contribution in [3.05, 3.63) is 18.2 Å². The summed E-state index contributed by atoms with van der Waals surface area (Å²) in [5.41, 5.74) is 0.997. The van der Waals surface area contributed by atoms with Gasteiger partial charge in [-0.2, -0.15) is 0 Å². The number of aromatic nitrogens is 2. The fourth-order valence-corrected chi connectivity index (χ4v) is 1.23. The molecule has 0 aliphatic carbocycles. The lowest BCUT2D eigenvalue weighted by Gasteiger charge is -2.16. The molecule has 0 bridgehead atoms. The Morgan fingerprint density at radius 1 is 1.19 bits per heavy atom. The van der Waals surface area contributed by atoms with Gasteiger partial charge in [-0.15, -0.1) is 0 Å². The minimum atomic E-state index is 0.0160. The van der Waals surface area contributed by atoms with Crippen molar-refractivity contribution in [2.75, 3.05) is 32.5 Å². The molecule has 0 unspecified atom stereocenters. The van der Waals surface area contributed by atoms with Crippen LogP contribution in [0.5, 0.6) is 0 Å². The zero-order valence-corrected chi connectivity index (χ0v) is 10.9. The number of hydrogen-bond acceptors (Lipinski definition) is 4. The molecule has 0 saturated carbocycles. The van der Waals surface area contributed by atoms with Gasteiger partial charge in [-0.05, 0) is 14.1 Å². The number of likely N-dealkylation sites (N-methyl/N-ethyl adjacent to an activating group) is 1. The Hall–Kier alpha value is -1.16. The van der Waals surface area contributed by atoms with Crippen molar-refractivity contribution in [2.24, 2.45) is 0 Å². The summed E-state index contributed by atoms with van der Waals surface area (Å²) in [6.07, 6.45) is 3.70. The Morgan fingerprint density at radius 3 is 2.19 bits per heavy atom. The maximum absolute atomic E-state index is 4.36. The fraction of sp³-hybridized carbons (Fsp3) is 0.667. The zero-order chi connectivity index (χ0) is 12.2. The molecule has 0 fully saturated rings. The van der Waals surface area contributed by atoms with Gasteiger partial charge >= 0.3 is 0 Å². The number of anilines is 1. The van der Waals surface area contributed by atoms with Crippen molar-refractivity contribution in [1.82, 2.24) is 14.9 Å². The highest BCUT2D eigenvalue weighted by Crippen LogP contribution is 2.17. The second-order valence-electron chi connectivity index (χ2n) is 5.28. The van der Waals surface area contributed by atoms with E-state index in [0.29, 0.717) is 0 Å². The van der Waals surface area contributed by atoms with Crippen LogP contribution in [0, 0.1) is 0 Å². The van der Waals surface area contributed by atoms with Crippen molar-refractivity contribution in [3.8, 4) is 0 Å². The molecule has 4 nitrogen and oxygen atoms in total. The van der Waals surface area contributed by atoms with Gasteiger partial charge in [-0.3, -0.25) is 0 Å². The van der Waals surface area contributed by atoms with Crippen LogP contribution >= 0.6 is 0 Å². The maximum atomic E-state index is 4.36. The second kappa shape index (κ2) is 5.25. The van der Waals surface area contributed by atoms with Gasteiger partial charge in [0.1, 0.15) is 5.82 Å². The molecule has 4 heteroatoms. The van der Waals surface area contributed by atoms with E-state index in [-0.39, 0.29) is 5.41 Å². The van der Waals surface area contributed by atoms with Crippen LogP contribution in [0.4, 0.5) is 5.69 Å². The van der Waals surface area contributed by atoms with Crippen molar-refractivity contribution in [3.63, 3.8) is 0 Å². The molecule has 0 aliphatic heterocycles. The van der Waals surface area contributed by atoms with Gasteiger partial charge in [-0.1, -0.05) is 20.8 Å². The molecule has 1 aromatic rings. The van der Waals surface area contributed by atoms with E-state index in [9.17, 15) is 0 Å². The summed E-state index contributed by atoms with van der Waals surface area (Å²) in [5, 5.41) is 3.29. The van der Waals surface area contributed by atoms with Gasteiger partial charge in [-0.25, -0.2) is 9.97 Å². The third kappa shape index (κ3) is 4.14. The van der Waals surface area contributed by atoms with Crippen LogP contribution in [0.25, 0.3) is 0 Å².